The van der Waals surface area contributed by atoms with Gasteiger partial charge in [0.1, 0.15) is 0 Å². The third-order valence-corrected chi connectivity index (χ3v) is 3.98. The SMILES string of the molecule is CC(C)[C@H](C#N)CN1CCO[C@H]([C@@H]2CCCO2)C1. The number of rotatable bonds is 4. The van der Waals surface area contributed by atoms with Gasteiger partial charge in [-0.1, -0.05) is 13.8 Å². The maximum absolute atomic E-state index is 9.17. The number of hydrogen-bond acceptors (Lipinski definition) is 4. The fourth-order valence-electron chi connectivity index (χ4n) is 2.70. The second-order valence-corrected chi connectivity index (χ2v) is 5.70. The fourth-order valence-corrected chi connectivity index (χ4v) is 2.70. The summed E-state index contributed by atoms with van der Waals surface area (Å²) in [6.45, 7) is 8.58. The molecule has 102 valence electrons. The van der Waals surface area contributed by atoms with Gasteiger partial charge in [-0.05, 0) is 18.8 Å². The molecule has 0 bridgehead atoms. The molecule has 18 heavy (non-hydrogen) atoms. The first-order valence-electron chi connectivity index (χ1n) is 7.06. The van der Waals surface area contributed by atoms with Crippen LogP contribution in [-0.4, -0.2) is 50.0 Å². The highest BCUT2D eigenvalue weighted by atomic mass is 16.5. The summed E-state index contributed by atoms with van der Waals surface area (Å²) in [5.74, 6) is 0.535. The average Bonchev–Trinajstić information content (AvgIpc) is 2.90. The lowest BCUT2D eigenvalue weighted by Gasteiger charge is -2.36. The molecule has 2 saturated heterocycles. The molecule has 4 nitrogen and oxygen atoms in total. The second kappa shape index (κ2) is 6.51. The van der Waals surface area contributed by atoms with Crippen molar-refractivity contribution in [3.05, 3.63) is 0 Å². The number of ether oxygens (including phenoxy) is 2. The molecule has 2 aliphatic heterocycles. The van der Waals surface area contributed by atoms with E-state index < -0.39 is 0 Å². The van der Waals surface area contributed by atoms with Gasteiger partial charge in [-0.25, -0.2) is 0 Å². The van der Waals surface area contributed by atoms with Crippen molar-refractivity contribution in [2.24, 2.45) is 11.8 Å². The van der Waals surface area contributed by atoms with Gasteiger partial charge in [0.25, 0.3) is 0 Å². The molecule has 0 spiro atoms. The Kier molecular flexibility index (Phi) is 4.99. The highest BCUT2D eigenvalue weighted by Crippen LogP contribution is 2.22. The number of nitriles is 1. The topological polar surface area (TPSA) is 45.5 Å². The normalized spacial score (nSPS) is 31.4. The first-order valence-corrected chi connectivity index (χ1v) is 7.06. The van der Waals surface area contributed by atoms with E-state index in [4.69, 9.17) is 9.47 Å². The third-order valence-electron chi connectivity index (χ3n) is 3.98. The monoisotopic (exact) mass is 252 g/mol. The Morgan fingerprint density at radius 3 is 2.67 bits per heavy atom. The Bertz CT molecular complexity index is 295. The van der Waals surface area contributed by atoms with Crippen molar-refractivity contribution < 1.29 is 9.47 Å². The molecule has 0 N–H and O–H groups in total. The smallest absolute Gasteiger partial charge is 0.0963 e. The van der Waals surface area contributed by atoms with E-state index in [1.807, 2.05) is 0 Å². The van der Waals surface area contributed by atoms with Gasteiger partial charge in [0.2, 0.25) is 0 Å². The standard InChI is InChI=1S/C14H24N2O2/c1-11(2)12(8-15)9-16-5-7-18-14(10-16)13-4-3-6-17-13/h11-14H,3-7,9-10H2,1-2H3/t12-,13+,14+/m1/s1. The van der Waals surface area contributed by atoms with Gasteiger partial charge in [-0.3, -0.25) is 4.90 Å². The molecule has 0 aliphatic carbocycles. The van der Waals surface area contributed by atoms with E-state index >= 15 is 0 Å². The van der Waals surface area contributed by atoms with E-state index in [0.29, 0.717) is 5.92 Å². The summed E-state index contributed by atoms with van der Waals surface area (Å²) >= 11 is 0. The average molecular weight is 252 g/mol. The molecule has 2 rings (SSSR count). The van der Waals surface area contributed by atoms with Gasteiger partial charge >= 0.3 is 0 Å². The Morgan fingerprint density at radius 2 is 2.06 bits per heavy atom. The van der Waals surface area contributed by atoms with Crippen molar-refractivity contribution in [3.8, 4) is 6.07 Å². The zero-order valence-corrected chi connectivity index (χ0v) is 11.5. The van der Waals surface area contributed by atoms with E-state index in [1.54, 1.807) is 0 Å². The van der Waals surface area contributed by atoms with Crippen LogP contribution in [-0.2, 0) is 9.47 Å². The Labute approximate surface area is 110 Å². The predicted octanol–water partition coefficient (Wildman–Crippen LogP) is 1.66. The Balaban J connectivity index is 1.84. The van der Waals surface area contributed by atoms with Crippen LogP contribution >= 0.6 is 0 Å². The molecule has 0 amide bonds. The number of morpholine rings is 1. The van der Waals surface area contributed by atoms with Crippen molar-refractivity contribution in [1.82, 2.24) is 4.90 Å². The predicted molar refractivity (Wildman–Crippen MR) is 69.1 cm³/mol. The van der Waals surface area contributed by atoms with Crippen molar-refractivity contribution in [2.75, 3.05) is 32.8 Å². The van der Waals surface area contributed by atoms with Gasteiger partial charge in [-0.15, -0.1) is 0 Å². The first kappa shape index (κ1) is 13.8. The highest BCUT2D eigenvalue weighted by Gasteiger charge is 2.32. The van der Waals surface area contributed by atoms with Gasteiger partial charge in [-0.2, -0.15) is 5.26 Å². The van der Waals surface area contributed by atoms with Crippen molar-refractivity contribution in [3.63, 3.8) is 0 Å². The van der Waals surface area contributed by atoms with E-state index in [0.717, 1.165) is 45.7 Å². The lowest BCUT2D eigenvalue weighted by Crippen LogP contribution is -2.49. The van der Waals surface area contributed by atoms with E-state index in [1.165, 1.54) is 0 Å². The fraction of sp³-hybridized carbons (Fsp3) is 0.929. The molecular weight excluding hydrogens is 228 g/mol. The molecule has 2 fully saturated rings. The molecule has 0 aromatic carbocycles. The first-order chi connectivity index (χ1) is 8.70. The van der Waals surface area contributed by atoms with Gasteiger partial charge in [0.15, 0.2) is 0 Å². The Morgan fingerprint density at radius 1 is 1.28 bits per heavy atom. The molecule has 4 heteroatoms. The molecule has 0 radical (unpaired) electrons. The van der Waals surface area contributed by atoms with Crippen molar-refractivity contribution >= 4 is 0 Å². The Hall–Kier alpha value is -0.630. The van der Waals surface area contributed by atoms with Crippen LogP contribution in [0.5, 0.6) is 0 Å². The maximum Gasteiger partial charge on any atom is 0.0963 e. The molecule has 2 heterocycles. The lowest BCUT2D eigenvalue weighted by molar-refractivity contribution is -0.0961. The largest absolute Gasteiger partial charge is 0.375 e. The van der Waals surface area contributed by atoms with Crippen LogP contribution in [0.15, 0.2) is 0 Å². The van der Waals surface area contributed by atoms with Gasteiger partial charge in [0.05, 0.1) is 30.8 Å². The molecule has 3 atom stereocenters. The summed E-state index contributed by atoms with van der Waals surface area (Å²) in [7, 11) is 0. The van der Waals surface area contributed by atoms with Gasteiger partial charge < -0.3 is 9.47 Å². The van der Waals surface area contributed by atoms with Crippen LogP contribution < -0.4 is 0 Å². The molecule has 0 aromatic rings. The summed E-state index contributed by atoms with van der Waals surface area (Å²) in [6.07, 6.45) is 2.74. The minimum Gasteiger partial charge on any atom is -0.375 e. The molecule has 0 saturated carbocycles. The molecule has 0 unspecified atom stereocenters. The maximum atomic E-state index is 9.17. The van der Waals surface area contributed by atoms with E-state index in [-0.39, 0.29) is 18.1 Å². The minimum absolute atomic E-state index is 0.119. The van der Waals surface area contributed by atoms with Crippen LogP contribution in [0.2, 0.25) is 0 Å². The summed E-state index contributed by atoms with van der Waals surface area (Å²) < 4.78 is 11.5. The summed E-state index contributed by atoms with van der Waals surface area (Å²) in [5, 5.41) is 9.17. The van der Waals surface area contributed by atoms with E-state index in [9.17, 15) is 5.26 Å². The van der Waals surface area contributed by atoms with Crippen LogP contribution in [0.4, 0.5) is 0 Å². The summed E-state index contributed by atoms with van der Waals surface area (Å²) in [4.78, 5) is 2.36. The van der Waals surface area contributed by atoms with E-state index in [2.05, 4.69) is 24.8 Å². The molecular formula is C14H24N2O2. The van der Waals surface area contributed by atoms with Gasteiger partial charge in [0, 0.05) is 26.2 Å². The summed E-state index contributed by atoms with van der Waals surface area (Å²) in [6, 6.07) is 2.42. The van der Waals surface area contributed by atoms with Crippen molar-refractivity contribution in [1.29, 1.82) is 5.26 Å². The molecule has 2 aliphatic rings. The second-order valence-electron chi connectivity index (χ2n) is 5.70. The zero-order valence-electron chi connectivity index (χ0n) is 11.5. The third kappa shape index (κ3) is 3.44. The minimum atomic E-state index is 0.119. The number of nitrogens with zero attached hydrogens (tertiary/aromatic N) is 2. The highest BCUT2D eigenvalue weighted by molar-refractivity contribution is 4.89. The van der Waals surface area contributed by atoms with Crippen molar-refractivity contribution in [2.45, 2.75) is 38.9 Å². The quantitative estimate of drug-likeness (QED) is 0.763. The van der Waals surface area contributed by atoms with Crippen LogP contribution in [0, 0.1) is 23.2 Å². The van der Waals surface area contributed by atoms with Crippen LogP contribution in [0.25, 0.3) is 0 Å². The van der Waals surface area contributed by atoms with Crippen LogP contribution in [0.1, 0.15) is 26.7 Å². The van der Waals surface area contributed by atoms with Crippen LogP contribution in [0.3, 0.4) is 0 Å². The molecule has 0 aromatic heterocycles. The number of hydrogen-bond donors (Lipinski definition) is 0. The lowest BCUT2D eigenvalue weighted by atomic mass is 9.96. The zero-order chi connectivity index (χ0) is 13.0. The summed E-state index contributed by atoms with van der Waals surface area (Å²) in [5.41, 5.74) is 0.